The Hall–Kier alpha value is -3.73. The number of hydrogen-bond donors (Lipinski definition) is 2. The zero-order valence-corrected chi connectivity index (χ0v) is 25.8. The van der Waals surface area contributed by atoms with E-state index in [-0.39, 0.29) is 0 Å². The lowest BCUT2D eigenvalue weighted by Crippen LogP contribution is -2.37. The molecule has 3 aromatic rings. The summed E-state index contributed by atoms with van der Waals surface area (Å²) in [5, 5.41) is 12.4. The Morgan fingerprint density at radius 2 is 1.55 bits per heavy atom. The number of aryl methyl sites for hydroxylation is 1. The van der Waals surface area contributed by atoms with Gasteiger partial charge in [0.05, 0.1) is 5.52 Å². The van der Waals surface area contributed by atoms with Crippen LogP contribution in [-0.2, 0) is 7.05 Å². The van der Waals surface area contributed by atoms with E-state index in [2.05, 4.69) is 112 Å². The summed E-state index contributed by atoms with van der Waals surface area (Å²) >= 11 is 0. The second-order valence-electron chi connectivity index (χ2n) is 11.1. The van der Waals surface area contributed by atoms with Gasteiger partial charge in [-0.15, -0.1) is 0 Å². The Morgan fingerprint density at radius 1 is 0.875 bits per heavy atom. The van der Waals surface area contributed by atoms with Gasteiger partial charge in [0.2, 0.25) is 0 Å². The van der Waals surface area contributed by atoms with Crippen LogP contribution >= 0.6 is 0 Å². The van der Waals surface area contributed by atoms with E-state index in [0.29, 0.717) is 17.8 Å². The van der Waals surface area contributed by atoms with Gasteiger partial charge in [0.25, 0.3) is 0 Å². The van der Waals surface area contributed by atoms with E-state index in [0.717, 1.165) is 54.5 Å². The number of piperidine rings is 1. The third kappa shape index (κ3) is 6.88. The van der Waals surface area contributed by atoms with Crippen molar-refractivity contribution in [2.24, 2.45) is 7.05 Å². The number of rotatable bonds is 4. The molecule has 3 heterocycles. The number of allylic oxidation sites excluding steroid dienone is 2. The Morgan fingerprint density at radius 3 is 2.17 bits per heavy atom. The van der Waals surface area contributed by atoms with Gasteiger partial charge < -0.3 is 15.5 Å². The fourth-order valence-corrected chi connectivity index (χ4v) is 5.34. The monoisotopic (exact) mass is 539 g/mol. The molecule has 2 aliphatic rings. The number of para-hydroxylation sites is 1. The summed E-state index contributed by atoms with van der Waals surface area (Å²) < 4.78 is 1.98. The lowest BCUT2D eigenvalue weighted by Gasteiger charge is -2.31. The lowest BCUT2D eigenvalue weighted by molar-refractivity contribution is 0.592. The minimum absolute atomic E-state index is 0.430. The largest absolute Gasteiger partial charge is 0.363 e. The van der Waals surface area contributed by atoms with E-state index < -0.39 is 0 Å². The minimum atomic E-state index is 0.430. The smallest absolute Gasteiger partial charge is 0.164 e. The summed E-state index contributed by atoms with van der Waals surface area (Å²) in [4.78, 5) is 2.14. The molecular formula is C35H49N5. The summed E-state index contributed by atoms with van der Waals surface area (Å²) in [5.41, 5.74) is 8.50. The quantitative estimate of drug-likeness (QED) is 0.348. The molecular weight excluding hydrogens is 490 g/mol. The van der Waals surface area contributed by atoms with Crippen molar-refractivity contribution in [3.8, 4) is 0 Å². The predicted octanol–water partition coefficient (Wildman–Crippen LogP) is 8.81. The van der Waals surface area contributed by atoms with Crippen LogP contribution in [0.5, 0.6) is 0 Å². The van der Waals surface area contributed by atoms with Crippen LogP contribution < -0.4 is 15.5 Å². The van der Waals surface area contributed by atoms with Crippen molar-refractivity contribution in [1.82, 2.24) is 20.4 Å². The molecule has 5 rings (SSSR count). The molecule has 0 bridgehead atoms. The van der Waals surface area contributed by atoms with Gasteiger partial charge in [-0.05, 0) is 47.4 Å². The molecule has 1 atom stereocenters. The fourth-order valence-electron chi connectivity index (χ4n) is 5.34. The Kier molecular flexibility index (Phi) is 10.4. The van der Waals surface area contributed by atoms with Crippen LogP contribution in [0.2, 0.25) is 0 Å². The molecule has 214 valence electrons. The van der Waals surface area contributed by atoms with Crippen molar-refractivity contribution in [2.45, 2.75) is 78.6 Å². The van der Waals surface area contributed by atoms with Crippen molar-refractivity contribution < 1.29 is 0 Å². The minimum Gasteiger partial charge on any atom is -0.363 e. The molecule has 2 saturated heterocycles. The first-order chi connectivity index (χ1) is 19.1. The molecule has 2 fully saturated rings. The molecule has 40 heavy (non-hydrogen) atoms. The van der Waals surface area contributed by atoms with Gasteiger partial charge in [0.15, 0.2) is 5.82 Å². The maximum atomic E-state index is 4.74. The first kappa shape index (κ1) is 30.8. The van der Waals surface area contributed by atoms with Crippen LogP contribution in [0.3, 0.4) is 0 Å². The Labute approximate surface area is 242 Å². The van der Waals surface area contributed by atoms with Crippen molar-refractivity contribution in [2.75, 3.05) is 11.4 Å². The zero-order valence-electron chi connectivity index (χ0n) is 25.8. The lowest BCUT2D eigenvalue weighted by atomic mass is 9.86. The van der Waals surface area contributed by atoms with E-state index >= 15 is 0 Å². The second-order valence-corrected chi connectivity index (χ2v) is 11.1. The normalized spacial score (nSPS) is 17.2. The van der Waals surface area contributed by atoms with Crippen molar-refractivity contribution in [3.05, 3.63) is 108 Å². The summed E-state index contributed by atoms with van der Waals surface area (Å²) in [5.74, 6) is 3.30. The Bertz CT molecular complexity index is 1370. The van der Waals surface area contributed by atoms with Gasteiger partial charge in [-0.2, -0.15) is 5.10 Å². The summed E-state index contributed by atoms with van der Waals surface area (Å²) in [6.45, 7) is 29.9. The number of nitrogens with zero attached hydrogens (tertiary/aromatic N) is 3. The standard InChI is InChI=1S/C17H22N4.C16H21N.C2H6/c1-11(2)14-7-6-8-15-16(14)20(5)19-17(15)21-10-9-12(3)18-13(21)4;1-11(2)14-6-5-7-15(10-14)16-9-8-12(3)17-13(16)4;1-2/h6-8,11,18H,3-4,9-10H2,1-2,5H3;5-7,10-11,16-17H,3-4,8-9H2,1-2H3;1-2H3. The predicted molar refractivity (Wildman–Crippen MR) is 173 cm³/mol. The number of aromatic nitrogens is 2. The van der Waals surface area contributed by atoms with Crippen molar-refractivity contribution >= 4 is 16.7 Å². The van der Waals surface area contributed by atoms with Gasteiger partial charge in [0.1, 0.15) is 5.82 Å². The highest BCUT2D eigenvalue weighted by atomic mass is 15.4. The van der Waals surface area contributed by atoms with Crippen LogP contribution in [0.15, 0.2) is 91.7 Å². The second kappa shape index (κ2) is 13.6. The average molecular weight is 540 g/mol. The molecule has 2 aliphatic heterocycles. The van der Waals surface area contributed by atoms with Crippen LogP contribution in [0.25, 0.3) is 10.9 Å². The van der Waals surface area contributed by atoms with E-state index in [1.54, 1.807) is 0 Å². The SMILES string of the molecule is C=C1CCC(c2cccc(C(C)C)c2)C(=C)N1.C=C1CCN(c2nn(C)c3c(C(C)C)cccc23)C(=C)N1.CC. The summed E-state index contributed by atoms with van der Waals surface area (Å²) in [6, 6.07) is 15.3. The number of anilines is 1. The number of benzene rings is 2. The van der Waals surface area contributed by atoms with Crippen molar-refractivity contribution in [1.29, 1.82) is 0 Å². The third-order valence-electron chi connectivity index (χ3n) is 7.51. The topological polar surface area (TPSA) is 45.1 Å². The molecule has 5 nitrogen and oxygen atoms in total. The maximum Gasteiger partial charge on any atom is 0.164 e. The summed E-state index contributed by atoms with van der Waals surface area (Å²) in [7, 11) is 2.01. The molecule has 0 amide bonds. The molecule has 5 heteroatoms. The van der Waals surface area contributed by atoms with E-state index in [9.17, 15) is 0 Å². The zero-order chi connectivity index (χ0) is 29.6. The van der Waals surface area contributed by atoms with Gasteiger partial charge in [-0.25, -0.2) is 0 Å². The van der Waals surface area contributed by atoms with Gasteiger partial charge in [-0.1, -0.05) is 104 Å². The average Bonchev–Trinajstić information content (AvgIpc) is 3.26. The van der Waals surface area contributed by atoms with Crippen LogP contribution in [-0.4, -0.2) is 16.3 Å². The highest BCUT2D eigenvalue weighted by Gasteiger charge is 2.23. The summed E-state index contributed by atoms with van der Waals surface area (Å²) in [6.07, 6.45) is 3.06. The molecule has 1 aromatic heterocycles. The number of nitrogens with one attached hydrogen (secondary N) is 2. The van der Waals surface area contributed by atoms with Gasteiger partial charge in [0, 0.05) is 48.4 Å². The maximum absolute atomic E-state index is 4.74. The third-order valence-corrected chi connectivity index (χ3v) is 7.51. The first-order valence-corrected chi connectivity index (χ1v) is 14.7. The van der Waals surface area contributed by atoms with Crippen LogP contribution in [0, 0.1) is 0 Å². The molecule has 0 aliphatic carbocycles. The van der Waals surface area contributed by atoms with Crippen molar-refractivity contribution in [3.63, 3.8) is 0 Å². The highest BCUT2D eigenvalue weighted by Crippen LogP contribution is 2.35. The fraction of sp³-hybridized carbons (Fsp3) is 0.400. The van der Waals surface area contributed by atoms with Crippen LogP contribution in [0.4, 0.5) is 5.82 Å². The molecule has 0 spiro atoms. The number of hydrogen-bond acceptors (Lipinski definition) is 4. The molecule has 2 N–H and O–H groups in total. The molecule has 0 saturated carbocycles. The van der Waals surface area contributed by atoms with Gasteiger partial charge >= 0.3 is 0 Å². The number of fused-ring (bicyclic) bond motifs is 1. The Balaban J connectivity index is 0.000000212. The van der Waals surface area contributed by atoms with E-state index in [1.165, 1.54) is 27.6 Å². The van der Waals surface area contributed by atoms with E-state index in [4.69, 9.17) is 5.10 Å². The van der Waals surface area contributed by atoms with Gasteiger partial charge in [-0.3, -0.25) is 4.68 Å². The van der Waals surface area contributed by atoms with E-state index in [1.807, 2.05) is 25.6 Å². The first-order valence-electron chi connectivity index (χ1n) is 14.7. The van der Waals surface area contributed by atoms with Crippen LogP contribution in [0.1, 0.15) is 95.2 Å². The molecule has 2 aromatic carbocycles. The molecule has 1 unspecified atom stereocenters. The molecule has 0 radical (unpaired) electrons. The highest BCUT2D eigenvalue weighted by molar-refractivity contribution is 5.93.